The number of Topliss-reactive ketones (excluding diaryl/α,β-unsaturated/α-hetero) is 1. The van der Waals surface area contributed by atoms with Gasteiger partial charge in [-0.1, -0.05) is 35.3 Å². The number of aromatic carboxylic acids is 1. The van der Waals surface area contributed by atoms with Crippen molar-refractivity contribution in [3.05, 3.63) is 81.7 Å². The molecule has 1 aromatic heterocycles. The number of aromatic nitrogens is 2. The highest BCUT2D eigenvalue weighted by Gasteiger charge is 2.23. The molecule has 2 aromatic carbocycles. The Kier molecular flexibility index (Phi) is 7.63. The maximum atomic E-state index is 13.2. The number of amides is 1. The fourth-order valence-corrected chi connectivity index (χ4v) is 3.32. The van der Waals surface area contributed by atoms with Crippen molar-refractivity contribution in [2.75, 3.05) is 23.9 Å². The molecular formula is C23H20Cl2N4O4. The van der Waals surface area contributed by atoms with Crippen LogP contribution in [0.1, 0.15) is 33.0 Å². The van der Waals surface area contributed by atoms with Gasteiger partial charge in [-0.05, 0) is 42.0 Å². The molecule has 170 valence electrons. The number of carboxylic acids is 1. The average Bonchev–Trinajstić information content (AvgIpc) is 2.79. The Hall–Kier alpha value is -3.49. The Balaban J connectivity index is 1.92. The third-order valence-corrected chi connectivity index (χ3v) is 5.43. The first kappa shape index (κ1) is 24.2. The lowest BCUT2D eigenvalue weighted by Crippen LogP contribution is -2.32. The smallest absolute Gasteiger partial charge is 0.335 e. The molecule has 1 N–H and O–H groups in total. The zero-order valence-corrected chi connectivity index (χ0v) is 19.3. The van der Waals surface area contributed by atoms with Gasteiger partial charge >= 0.3 is 5.97 Å². The standard InChI is InChI=1S/C23H20Cl2N4O4/c1-28(2)20-8-9-26-22(27-20)19(30)12-21(31)29(13-14-6-7-17(24)18(25)10-14)16-5-3-4-15(11-16)23(32)33/h3-11H,12-13H2,1-2H3,(H,32,33). The molecule has 8 nitrogen and oxygen atoms in total. The van der Waals surface area contributed by atoms with Crippen LogP contribution in [0.5, 0.6) is 0 Å². The molecule has 1 amide bonds. The number of carboxylic acid groups (broad SMARTS) is 1. The molecule has 0 unspecified atom stereocenters. The molecule has 10 heteroatoms. The largest absolute Gasteiger partial charge is 0.478 e. The Morgan fingerprint density at radius 2 is 1.76 bits per heavy atom. The van der Waals surface area contributed by atoms with Gasteiger partial charge in [0.15, 0.2) is 5.82 Å². The van der Waals surface area contributed by atoms with E-state index < -0.39 is 24.1 Å². The Bertz CT molecular complexity index is 1220. The SMILES string of the molecule is CN(C)c1ccnc(C(=O)CC(=O)N(Cc2ccc(Cl)c(Cl)c2)c2cccc(C(=O)O)c2)n1. The molecule has 0 spiro atoms. The number of rotatable bonds is 8. The van der Waals surface area contributed by atoms with Gasteiger partial charge in [-0.3, -0.25) is 9.59 Å². The Labute approximate surface area is 200 Å². The monoisotopic (exact) mass is 486 g/mol. The van der Waals surface area contributed by atoms with E-state index in [1.54, 1.807) is 49.3 Å². The van der Waals surface area contributed by atoms with Gasteiger partial charge in [0.05, 0.1) is 28.6 Å². The van der Waals surface area contributed by atoms with Gasteiger partial charge in [-0.2, -0.15) is 0 Å². The second-order valence-electron chi connectivity index (χ2n) is 7.32. The van der Waals surface area contributed by atoms with Crippen molar-refractivity contribution in [1.82, 2.24) is 9.97 Å². The first-order valence-corrected chi connectivity index (χ1v) is 10.5. The highest BCUT2D eigenvalue weighted by molar-refractivity contribution is 6.42. The van der Waals surface area contributed by atoms with Crippen LogP contribution in [0.3, 0.4) is 0 Å². The minimum absolute atomic E-state index is 0.00721. The average molecular weight is 487 g/mol. The number of hydrogen-bond donors (Lipinski definition) is 1. The summed E-state index contributed by atoms with van der Waals surface area (Å²) in [6, 6.07) is 12.4. The second kappa shape index (κ2) is 10.4. The molecule has 0 radical (unpaired) electrons. The lowest BCUT2D eigenvalue weighted by Gasteiger charge is -2.23. The summed E-state index contributed by atoms with van der Waals surface area (Å²) in [6.07, 6.45) is 0.944. The van der Waals surface area contributed by atoms with Crippen molar-refractivity contribution >= 4 is 52.4 Å². The van der Waals surface area contributed by atoms with Gasteiger partial charge in [0.2, 0.25) is 11.7 Å². The van der Waals surface area contributed by atoms with E-state index in [1.165, 1.54) is 29.3 Å². The summed E-state index contributed by atoms with van der Waals surface area (Å²) in [5.41, 5.74) is 0.978. The second-order valence-corrected chi connectivity index (χ2v) is 8.13. The van der Waals surface area contributed by atoms with E-state index in [0.717, 1.165) is 0 Å². The van der Waals surface area contributed by atoms with Crippen LogP contribution in [-0.2, 0) is 11.3 Å². The van der Waals surface area contributed by atoms with Crippen LogP contribution in [0.25, 0.3) is 0 Å². The van der Waals surface area contributed by atoms with E-state index in [2.05, 4.69) is 9.97 Å². The van der Waals surface area contributed by atoms with Crippen molar-refractivity contribution in [2.24, 2.45) is 0 Å². The van der Waals surface area contributed by atoms with Crippen LogP contribution < -0.4 is 9.80 Å². The summed E-state index contributed by atoms with van der Waals surface area (Å²) >= 11 is 12.1. The summed E-state index contributed by atoms with van der Waals surface area (Å²) in [4.78, 5) is 48.6. The molecule has 3 aromatic rings. The number of halogens is 2. The Morgan fingerprint density at radius 1 is 1.00 bits per heavy atom. The van der Waals surface area contributed by atoms with Gasteiger partial charge in [-0.25, -0.2) is 14.8 Å². The number of carbonyl (C=O) groups excluding carboxylic acids is 2. The minimum Gasteiger partial charge on any atom is -0.478 e. The summed E-state index contributed by atoms with van der Waals surface area (Å²) < 4.78 is 0. The topological polar surface area (TPSA) is 104 Å². The first-order chi connectivity index (χ1) is 15.7. The zero-order chi connectivity index (χ0) is 24.1. The summed E-state index contributed by atoms with van der Waals surface area (Å²) in [5.74, 6) is -1.79. The number of benzene rings is 2. The molecule has 0 fully saturated rings. The van der Waals surface area contributed by atoms with Gasteiger partial charge in [-0.15, -0.1) is 0 Å². The van der Waals surface area contributed by atoms with Crippen LogP contribution in [-0.4, -0.2) is 46.8 Å². The van der Waals surface area contributed by atoms with E-state index >= 15 is 0 Å². The summed E-state index contributed by atoms with van der Waals surface area (Å²) in [5, 5.41) is 10.0. The number of carbonyl (C=O) groups is 3. The molecule has 0 aliphatic heterocycles. The van der Waals surface area contributed by atoms with Gasteiger partial charge in [0.25, 0.3) is 0 Å². The predicted molar refractivity (Wildman–Crippen MR) is 126 cm³/mol. The minimum atomic E-state index is -1.14. The van der Waals surface area contributed by atoms with E-state index in [9.17, 15) is 19.5 Å². The van der Waals surface area contributed by atoms with Crippen LogP contribution >= 0.6 is 23.2 Å². The predicted octanol–water partition coefficient (Wildman–Crippen LogP) is 4.35. The number of anilines is 2. The fourth-order valence-electron chi connectivity index (χ4n) is 3.00. The molecule has 0 aliphatic carbocycles. The number of ketones is 1. The van der Waals surface area contributed by atoms with E-state index in [0.29, 0.717) is 27.1 Å². The highest BCUT2D eigenvalue weighted by atomic mass is 35.5. The van der Waals surface area contributed by atoms with Crippen molar-refractivity contribution in [3.8, 4) is 0 Å². The highest BCUT2D eigenvalue weighted by Crippen LogP contribution is 2.26. The molecule has 0 atom stereocenters. The van der Waals surface area contributed by atoms with Crippen LogP contribution in [0, 0.1) is 0 Å². The quantitative estimate of drug-likeness (QED) is 0.372. The van der Waals surface area contributed by atoms with E-state index in [4.69, 9.17) is 23.2 Å². The number of hydrogen-bond acceptors (Lipinski definition) is 6. The molecule has 0 aliphatic rings. The first-order valence-electron chi connectivity index (χ1n) is 9.77. The molecular weight excluding hydrogens is 467 g/mol. The molecule has 1 heterocycles. The van der Waals surface area contributed by atoms with Gasteiger partial charge in [0.1, 0.15) is 5.82 Å². The lowest BCUT2D eigenvalue weighted by molar-refractivity contribution is -0.117. The summed E-state index contributed by atoms with van der Waals surface area (Å²) in [7, 11) is 3.55. The Morgan fingerprint density at radius 3 is 2.42 bits per heavy atom. The van der Waals surface area contributed by atoms with Crippen molar-refractivity contribution in [2.45, 2.75) is 13.0 Å². The third kappa shape index (κ3) is 6.06. The van der Waals surface area contributed by atoms with E-state index in [-0.39, 0.29) is 17.9 Å². The van der Waals surface area contributed by atoms with Crippen molar-refractivity contribution < 1.29 is 19.5 Å². The van der Waals surface area contributed by atoms with Crippen LogP contribution in [0.15, 0.2) is 54.7 Å². The fraction of sp³-hybridized carbons (Fsp3) is 0.174. The van der Waals surface area contributed by atoms with Crippen molar-refractivity contribution in [3.63, 3.8) is 0 Å². The summed E-state index contributed by atoms with van der Waals surface area (Å²) in [6.45, 7) is 0.0463. The van der Waals surface area contributed by atoms with Crippen LogP contribution in [0.2, 0.25) is 10.0 Å². The lowest BCUT2D eigenvalue weighted by atomic mass is 10.1. The molecule has 33 heavy (non-hydrogen) atoms. The maximum absolute atomic E-state index is 13.2. The molecule has 0 bridgehead atoms. The third-order valence-electron chi connectivity index (χ3n) is 4.69. The van der Waals surface area contributed by atoms with Crippen molar-refractivity contribution in [1.29, 1.82) is 0 Å². The van der Waals surface area contributed by atoms with Gasteiger partial charge in [0, 0.05) is 26.0 Å². The van der Waals surface area contributed by atoms with Crippen LogP contribution in [0.4, 0.5) is 11.5 Å². The van der Waals surface area contributed by atoms with E-state index in [1.807, 2.05) is 0 Å². The zero-order valence-electron chi connectivity index (χ0n) is 17.8. The molecule has 0 saturated heterocycles. The van der Waals surface area contributed by atoms with Gasteiger partial charge < -0.3 is 14.9 Å². The molecule has 3 rings (SSSR count). The maximum Gasteiger partial charge on any atom is 0.335 e. The normalized spacial score (nSPS) is 10.5. The molecule has 0 saturated carbocycles. The number of nitrogens with zero attached hydrogens (tertiary/aromatic N) is 4.